The van der Waals surface area contributed by atoms with Crippen molar-refractivity contribution in [3.8, 4) is 5.75 Å². The summed E-state index contributed by atoms with van der Waals surface area (Å²) in [5.41, 5.74) is 1.57. The van der Waals surface area contributed by atoms with Crippen molar-refractivity contribution in [2.75, 3.05) is 7.11 Å². The zero-order chi connectivity index (χ0) is 15.4. The summed E-state index contributed by atoms with van der Waals surface area (Å²) < 4.78 is 5.22. The van der Waals surface area contributed by atoms with Crippen LogP contribution >= 0.6 is 0 Å². The first-order valence-corrected chi connectivity index (χ1v) is 6.96. The van der Waals surface area contributed by atoms with Crippen molar-refractivity contribution in [3.63, 3.8) is 0 Å². The molecule has 3 rings (SSSR count). The van der Waals surface area contributed by atoms with Crippen LogP contribution in [0.1, 0.15) is 15.9 Å². The first-order chi connectivity index (χ1) is 10.8. The number of nitrogens with zero attached hydrogens (tertiary/aromatic N) is 1. The smallest absolute Gasteiger partial charge is 0.187 e. The molecule has 3 aromatic rings. The SMILES string of the molecule is COc1ccc2cc(/C=C/C(=O)c3cccnc3)ccc2c1. The van der Waals surface area contributed by atoms with Gasteiger partial charge in [0, 0.05) is 18.0 Å². The standard InChI is InChI=1S/C19H15NO2/c1-22-18-8-7-15-11-14(4-6-16(15)12-18)5-9-19(21)17-3-2-10-20-13-17/h2-13H,1H3/b9-5+. The molecule has 0 spiro atoms. The normalized spacial score (nSPS) is 11.0. The minimum Gasteiger partial charge on any atom is -0.497 e. The van der Waals surface area contributed by atoms with Gasteiger partial charge in [0.2, 0.25) is 0 Å². The van der Waals surface area contributed by atoms with Gasteiger partial charge in [-0.05, 0) is 52.7 Å². The van der Waals surface area contributed by atoms with Crippen LogP contribution in [-0.2, 0) is 0 Å². The average molecular weight is 289 g/mol. The van der Waals surface area contributed by atoms with E-state index in [4.69, 9.17) is 4.74 Å². The molecule has 0 aliphatic heterocycles. The van der Waals surface area contributed by atoms with Crippen molar-refractivity contribution in [2.24, 2.45) is 0 Å². The fourth-order valence-electron chi connectivity index (χ4n) is 2.25. The maximum atomic E-state index is 12.0. The van der Waals surface area contributed by atoms with Crippen LogP contribution in [0.4, 0.5) is 0 Å². The lowest BCUT2D eigenvalue weighted by Crippen LogP contribution is -1.93. The number of methoxy groups -OCH3 is 1. The molecule has 0 N–H and O–H groups in total. The summed E-state index contributed by atoms with van der Waals surface area (Å²) in [6, 6.07) is 15.5. The van der Waals surface area contributed by atoms with Crippen LogP contribution in [-0.4, -0.2) is 17.9 Å². The summed E-state index contributed by atoms with van der Waals surface area (Å²) in [5, 5.41) is 2.21. The summed E-state index contributed by atoms with van der Waals surface area (Å²) in [4.78, 5) is 16.0. The van der Waals surface area contributed by atoms with Crippen LogP contribution in [0.2, 0.25) is 0 Å². The molecule has 0 aliphatic rings. The number of allylic oxidation sites excluding steroid dienone is 1. The molecule has 0 saturated carbocycles. The number of pyridine rings is 1. The van der Waals surface area contributed by atoms with Crippen LogP contribution in [0.3, 0.4) is 0 Å². The fourth-order valence-corrected chi connectivity index (χ4v) is 2.25. The number of carbonyl (C=O) groups is 1. The van der Waals surface area contributed by atoms with E-state index in [1.54, 1.807) is 37.7 Å². The third-order valence-electron chi connectivity index (χ3n) is 3.44. The largest absolute Gasteiger partial charge is 0.497 e. The topological polar surface area (TPSA) is 39.2 Å². The van der Waals surface area contributed by atoms with E-state index in [9.17, 15) is 4.79 Å². The van der Waals surface area contributed by atoms with Crippen LogP contribution < -0.4 is 4.74 Å². The molecule has 1 aromatic heterocycles. The van der Waals surface area contributed by atoms with E-state index in [0.29, 0.717) is 5.56 Å². The molecular weight excluding hydrogens is 274 g/mol. The molecule has 0 radical (unpaired) electrons. The number of aromatic nitrogens is 1. The first kappa shape index (κ1) is 14.0. The van der Waals surface area contributed by atoms with Gasteiger partial charge in [-0.3, -0.25) is 9.78 Å². The molecule has 0 unspecified atom stereocenters. The molecule has 1 heterocycles. The van der Waals surface area contributed by atoms with E-state index in [-0.39, 0.29) is 5.78 Å². The highest BCUT2D eigenvalue weighted by molar-refractivity contribution is 6.06. The van der Waals surface area contributed by atoms with E-state index < -0.39 is 0 Å². The number of ether oxygens (including phenoxy) is 1. The predicted molar refractivity (Wildman–Crippen MR) is 88.1 cm³/mol. The van der Waals surface area contributed by atoms with Crippen molar-refractivity contribution >= 4 is 22.6 Å². The van der Waals surface area contributed by atoms with Gasteiger partial charge in [0.1, 0.15) is 5.75 Å². The first-order valence-electron chi connectivity index (χ1n) is 6.96. The second-order valence-corrected chi connectivity index (χ2v) is 4.91. The summed E-state index contributed by atoms with van der Waals surface area (Å²) in [6.45, 7) is 0. The Hall–Kier alpha value is -2.94. The molecular formula is C19H15NO2. The Morgan fingerprint density at radius 2 is 1.91 bits per heavy atom. The van der Waals surface area contributed by atoms with Crippen LogP contribution in [0.15, 0.2) is 67.0 Å². The van der Waals surface area contributed by atoms with E-state index in [1.807, 2.05) is 42.5 Å². The zero-order valence-corrected chi connectivity index (χ0v) is 12.2. The van der Waals surface area contributed by atoms with Gasteiger partial charge >= 0.3 is 0 Å². The third kappa shape index (κ3) is 3.04. The van der Waals surface area contributed by atoms with Crippen molar-refractivity contribution in [1.82, 2.24) is 4.98 Å². The Morgan fingerprint density at radius 3 is 2.68 bits per heavy atom. The van der Waals surface area contributed by atoms with E-state index >= 15 is 0 Å². The van der Waals surface area contributed by atoms with E-state index in [0.717, 1.165) is 22.1 Å². The summed E-state index contributed by atoms with van der Waals surface area (Å²) >= 11 is 0. The minimum atomic E-state index is -0.0528. The second-order valence-electron chi connectivity index (χ2n) is 4.91. The number of benzene rings is 2. The quantitative estimate of drug-likeness (QED) is 0.535. The molecule has 0 atom stereocenters. The number of fused-ring (bicyclic) bond motifs is 1. The molecule has 0 bridgehead atoms. The molecule has 3 nitrogen and oxygen atoms in total. The second kappa shape index (κ2) is 6.22. The number of carbonyl (C=O) groups excluding carboxylic acids is 1. The third-order valence-corrected chi connectivity index (χ3v) is 3.44. The number of ketones is 1. The Bertz CT molecular complexity index is 838. The monoisotopic (exact) mass is 289 g/mol. The van der Waals surface area contributed by atoms with E-state index in [1.165, 1.54) is 0 Å². The lowest BCUT2D eigenvalue weighted by atomic mass is 10.1. The van der Waals surface area contributed by atoms with Crippen molar-refractivity contribution < 1.29 is 9.53 Å². The fraction of sp³-hybridized carbons (Fsp3) is 0.0526. The molecule has 0 fully saturated rings. The summed E-state index contributed by atoms with van der Waals surface area (Å²) in [5.74, 6) is 0.783. The van der Waals surface area contributed by atoms with Gasteiger partial charge in [0.15, 0.2) is 5.78 Å². The lowest BCUT2D eigenvalue weighted by molar-refractivity contribution is 0.104. The number of hydrogen-bond donors (Lipinski definition) is 0. The molecule has 0 amide bonds. The van der Waals surface area contributed by atoms with Gasteiger partial charge in [-0.1, -0.05) is 24.3 Å². The highest BCUT2D eigenvalue weighted by atomic mass is 16.5. The van der Waals surface area contributed by atoms with Gasteiger partial charge in [-0.2, -0.15) is 0 Å². The van der Waals surface area contributed by atoms with Crippen molar-refractivity contribution in [1.29, 1.82) is 0 Å². The molecule has 2 aromatic carbocycles. The highest BCUT2D eigenvalue weighted by Gasteiger charge is 2.01. The van der Waals surface area contributed by atoms with Crippen molar-refractivity contribution in [2.45, 2.75) is 0 Å². The molecule has 108 valence electrons. The van der Waals surface area contributed by atoms with Crippen LogP contribution in [0.25, 0.3) is 16.8 Å². The summed E-state index contributed by atoms with van der Waals surface area (Å²) in [6.07, 6.45) is 6.61. The molecule has 3 heteroatoms. The Labute approximate surface area is 128 Å². The molecule has 22 heavy (non-hydrogen) atoms. The summed E-state index contributed by atoms with van der Waals surface area (Å²) in [7, 11) is 1.66. The van der Waals surface area contributed by atoms with Crippen LogP contribution in [0.5, 0.6) is 5.75 Å². The van der Waals surface area contributed by atoms with Gasteiger partial charge in [0.25, 0.3) is 0 Å². The molecule has 0 aliphatic carbocycles. The van der Waals surface area contributed by atoms with Gasteiger partial charge in [0.05, 0.1) is 7.11 Å². The average Bonchev–Trinajstić information content (AvgIpc) is 2.59. The maximum Gasteiger partial charge on any atom is 0.187 e. The van der Waals surface area contributed by atoms with Crippen molar-refractivity contribution in [3.05, 3.63) is 78.1 Å². The lowest BCUT2D eigenvalue weighted by Gasteiger charge is -2.03. The zero-order valence-electron chi connectivity index (χ0n) is 12.2. The Morgan fingerprint density at radius 1 is 1.09 bits per heavy atom. The predicted octanol–water partition coefficient (Wildman–Crippen LogP) is 4.14. The van der Waals surface area contributed by atoms with E-state index in [2.05, 4.69) is 4.98 Å². The number of hydrogen-bond acceptors (Lipinski definition) is 3. The Kier molecular flexibility index (Phi) is 3.97. The minimum absolute atomic E-state index is 0.0528. The van der Waals surface area contributed by atoms with Gasteiger partial charge in [-0.25, -0.2) is 0 Å². The van der Waals surface area contributed by atoms with Gasteiger partial charge < -0.3 is 4.74 Å². The maximum absolute atomic E-state index is 12.0. The highest BCUT2D eigenvalue weighted by Crippen LogP contribution is 2.22. The Balaban J connectivity index is 1.85. The van der Waals surface area contributed by atoms with Crippen LogP contribution in [0, 0.1) is 0 Å². The molecule has 0 saturated heterocycles. The van der Waals surface area contributed by atoms with Gasteiger partial charge in [-0.15, -0.1) is 0 Å². The number of rotatable bonds is 4.